The quantitative estimate of drug-likeness (QED) is 0.407. The molecule has 2 amide bonds. The number of carbonyl (C=O) groups excluding carboxylic acids is 2. The van der Waals surface area contributed by atoms with Gasteiger partial charge >= 0.3 is 0 Å². The summed E-state index contributed by atoms with van der Waals surface area (Å²) in [6, 6.07) is 11.5. The molecule has 0 spiro atoms. The van der Waals surface area contributed by atoms with Gasteiger partial charge in [-0.25, -0.2) is 4.39 Å². The fraction of sp³-hybridized carbons (Fsp3) is 0.292. The van der Waals surface area contributed by atoms with Crippen molar-refractivity contribution in [2.24, 2.45) is 28.8 Å². The molecule has 4 atom stereocenters. The second kappa shape index (κ2) is 7.65. The van der Waals surface area contributed by atoms with Crippen molar-refractivity contribution in [3.8, 4) is 11.5 Å². The second-order valence-corrected chi connectivity index (χ2v) is 8.02. The number of nitrogens with zero attached hydrogens (tertiary/aromatic N) is 2. The van der Waals surface area contributed by atoms with E-state index >= 15 is 0 Å². The summed E-state index contributed by atoms with van der Waals surface area (Å²) in [6.07, 6.45) is 6.45. The molecule has 0 radical (unpaired) electrons. The van der Waals surface area contributed by atoms with Crippen molar-refractivity contribution in [1.29, 1.82) is 0 Å². The Morgan fingerprint density at radius 1 is 1.06 bits per heavy atom. The summed E-state index contributed by atoms with van der Waals surface area (Å²) in [6.45, 7) is 0.0619. The van der Waals surface area contributed by atoms with Crippen LogP contribution in [0, 0.1) is 29.5 Å². The van der Waals surface area contributed by atoms with Gasteiger partial charge in [-0.15, -0.1) is 0 Å². The smallest absolute Gasteiger partial charge is 0.254 e. The van der Waals surface area contributed by atoms with Crippen LogP contribution in [0.2, 0.25) is 0 Å². The second-order valence-electron chi connectivity index (χ2n) is 8.02. The van der Waals surface area contributed by atoms with E-state index in [1.165, 1.54) is 19.4 Å². The van der Waals surface area contributed by atoms with Gasteiger partial charge in [0.15, 0.2) is 11.5 Å². The molecule has 0 unspecified atom stereocenters. The summed E-state index contributed by atoms with van der Waals surface area (Å²) < 4.78 is 24.9. The van der Waals surface area contributed by atoms with Crippen LogP contribution in [0.3, 0.4) is 0 Å². The number of hydrogen-bond donors (Lipinski definition) is 0. The van der Waals surface area contributed by atoms with Crippen LogP contribution in [0.5, 0.6) is 11.5 Å². The zero-order valence-corrected chi connectivity index (χ0v) is 16.9. The molecule has 0 aromatic heterocycles. The number of carbonyl (C=O) groups is 2. The van der Waals surface area contributed by atoms with Crippen LogP contribution in [0.1, 0.15) is 17.5 Å². The van der Waals surface area contributed by atoms with Crippen LogP contribution in [-0.4, -0.2) is 30.1 Å². The van der Waals surface area contributed by atoms with E-state index in [0.717, 1.165) is 11.4 Å². The number of imide groups is 1. The van der Waals surface area contributed by atoms with E-state index in [2.05, 4.69) is 17.3 Å². The molecule has 1 heterocycles. The third kappa shape index (κ3) is 3.30. The van der Waals surface area contributed by atoms with Gasteiger partial charge in [0.25, 0.3) is 11.8 Å². The highest BCUT2D eigenvalue weighted by molar-refractivity contribution is 6.06. The van der Waals surface area contributed by atoms with Crippen LogP contribution in [-0.2, 0) is 16.2 Å². The van der Waals surface area contributed by atoms with Crippen molar-refractivity contribution in [3.63, 3.8) is 0 Å². The van der Waals surface area contributed by atoms with Gasteiger partial charge in [0, 0.05) is 5.56 Å². The fourth-order valence-electron chi connectivity index (χ4n) is 4.78. The lowest BCUT2D eigenvalue weighted by atomic mass is 9.85. The van der Waals surface area contributed by atoms with Gasteiger partial charge < -0.3 is 9.47 Å². The fourth-order valence-corrected chi connectivity index (χ4v) is 4.78. The number of allylic oxidation sites excluding steroid dienone is 2. The number of ether oxygens (including phenoxy) is 2. The standard InChI is InChI=1S/C24H21FN2O4/c1-30-20-10-14(6-9-19(20)31-13-17-4-2-3-5-18(17)25)12-26-27-23(28)21-15-7-8-16(11-15)22(21)24(27)29/h2-10,12,15-16,21-22H,11,13H2,1H3/t15-,16-,21-,22+/m0/s1. The third-order valence-corrected chi connectivity index (χ3v) is 6.30. The van der Waals surface area contributed by atoms with Gasteiger partial charge in [-0.05, 0) is 48.1 Å². The Balaban J connectivity index is 1.30. The van der Waals surface area contributed by atoms with Crippen LogP contribution in [0.25, 0.3) is 0 Å². The number of halogens is 1. The predicted molar refractivity (Wildman–Crippen MR) is 111 cm³/mol. The Bertz CT molecular complexity index is 1080. The van der Waals surface area contributed by atoms with Gasteiger partial charge in [-0.1, -0.05) is 30.4 Å². The molecule has 0 N–H and O–H groups in total. The van der Waals surface area contributed by atoms with Gasteiger partial charge in [0.2, 0.25) is 0 Å². The molecule has 5 rings (SSSR count). The maximum atomic E-state index is 13.8. The minimum atomic E-state index is -0.335. The molecule has 2 aromatic rings. The monoisotopic (exact) mass is 420 g/mol. The van der Waals surface area contributed by atoms with Crippen LogP contribution >= 0.6 is 0 Å². The Labute approximate surface area is 179 Å². The lowest BCUT2D eigenvalue weighted by Gasteiger charge is -2.13. The molecular formula is C24H21FN2O4. The first-order valence-electron chi connectivity index (χ1n) is 10.2. The Morgan fingerprint density at radius 3 is 2.45 bits per heavy atom. The molecule has 2 aliphatic carbocycles. The highest BCUT2D eigenvalue weighted by atomic mass is 19.1. The maximum Gasteiger partial charge on any atom is 0.254 e. The molecule has 1 saturated carbocycles. The van der Waals surface area contributed by atoms with Gasteiger partial charge in [-0.2, -0.15) is 10.1 Å². The first kappa shape index (κ1) is 19.5. The summed E-state index contributed by atoms with van der Waals surface area (Å²) >= 11 is 0. The lowest BCUT2D eigenvalue weighted by molar-refractivity contribution is -0.140. The van der Waals surface area contributed by atoms with E-state index in [1.54, 1.807) is 36.4 Å². The third-order valence-electron chi connectivity index (χ3n) is 6.30. The molecule has 1 saturated heterocycles. The van der Waals surface area contributed by atoms with Gasteiger partial charge in [0.1, 0.15) is 12.4 Å². The van der Waals surface area contributed by atoms with Crippen LogP contribution in [0.15, 0.2) is 59.7 Å². The Morgan fingerprint density at radius 2 is 1.77 bits per heavy atom. The molecule has 7 heteroatoms. The number of amides is 2. The number of hydrogen-bond acceptors (Lipinski definition) is 5. The van der Waals surface area contributed by atoms with E-state index in [4.69, 9.17) is 9.47 Å². The van der Waals surface area contributed by atoms with E-state index in [-0.39, 0.29) is 47.9 Å². The van der Waals surface area contributed by atoms with Gasteiger partial charge in [-0.3, -0.25) is 9.59 Å². The molecule has 3 aliphatic rings. The van der Waals surface area contributed by atoms with E-state index < -0.39 is 0 Å². The molecular weight excluding hydrogens is 399 g/mol. The summed E-state index contributed by atoms with van der Waals surface area (Å²) in [5.74, 6) is -0.132. The van der Waals surface area contributed by atoms with Crippen molar-refractivity contribution in [2.75, 3.05) is 7.11 Å². The molecule has 1 aliphatic heterocycles. The summed E-state index contributed by atoms with van der Waals surface area (Å²) in [5.41, 5.74) is 1.09. The average molecular weight is 420 g/mol. The number of rotatable bonds is 6. The summed E-state index contributed by atoms with van der Waals surface area (Å²) in [4.78, 5) is 25.4. The minimum Gasteiger partial charge on any atom is -0.493 e. The first-order chi connectivity index (χ1) is 15.1. The van der Waals surface area contributed by atoms with Crippen molar-refractivity contribution in [3.05, 3.63) is 71.6 Å². The molecule has 2 aromatic carbocycles. The normalized spacial score (nSPS) is 26.2. The zero-order valence-electron chi connectivity index (χ0n) is 16.9. The van der Waals surface area contributed by atoms with E-state index in [0.29, 0.717) is 22.6 Å². The van der Waals surface area contributed by atoms with Crippen molar-refractivity contribution in [2.45, 2.75) is 13.0 Å². The minimum absolute atomic E-state index is 0.0619. The number of benzene rings is 2. The Kier molecular flexibility index (Phi) is 4.81. The Hall–Kier alpha value is -3.48. The molecule has 31 heavy (non-hydrogen) atoms. The van der Waals surface area contributed by atoms with Crippen molar-refractivity contribution in [1.82, 2.24) is 5.01 Å². The SMILES string of the molecule is COc1cc(C=NN2C(=O)[C@@H]3[C@H](C2=O)[C@H]2C=C[C@H]3C2)ccc1OCc1ccccc1F. The van der Waals surface area contributed by atoms with Crippen LogP contribution in [0.4, 0.5) is 4.39 Å². The zero-order chi connectivity index (χ0) is 21.5. The van der Waals surface area contributed by atoms with Gasteiger partial charge in [0.05, 0.1) is 25.2 Å². The van der Waals surface area contributed by atoms with E-state index in [1.807, 2.05) is 0 Å². The molecule has 2 fully saturated rings. The molecule has 158 valence electrons. The number of fused-ring (bicyclic) bond motifs is 5. The van der Waals surface area contributed by atoms with Crippen molar-refractivity contribution >= 4 is 18.0 Å². The topological polar surface area (TPSA) is 68.2 Å². The van der Waals surface area contributed by atoms with Crippen molar-refractivity contribution < 1.29 is 23.5 Å². The lowest BCUT2D eigenvalue weighted by Crippen LogP contribution is -2.28. The first-order valence-corrected chi connectivity index (χ1v) is 10.2. The maximum absolute atomic E-state index is 13.8. The van der Waals surface area contributed by atoms with E-state index in [9.17, 15) is 14.0 Å². The predicted octanol–water partition coefficient (Wildman–Crippen LogP) is 3.55. The molecule has 6 nitrogen and oxygen atoms in total. The number of methoxy groups -OCH3 is 1. The largest absolute Gasteiger partial charge is 0.493 e. The number of hydrazone groups is 1. The van der Waals surface area contributed by atoms with Crippen LogP contribution < -0.4 is 9.47 Å². The average Bonchev–Trinajstić information content (AvgIpc) is 3.46. The summed E-state index contributed by atoms with van der Waals surface area (Å²) in [7, 11) is 1.50. The summed E-state index contributed by atoms with van der Waals surface area (Å²) in [5, 5.41) is 5.19. The molecule has 2 bridgehead atoms. The highest BCUT2D eigenvalue weighted by Crippen LogP contribution is 2.52. The highest BCUT2D eigenvalue weighted by Gasteiger charge is 2.59.